The molecule has 0 saturated heterocycles. The fraction of sp³-hybridized carbons (Fsp3) is 0.769. The van der Waals surface area contributed by atoms with E-state index in [-0.39, 0.29) is 11.9 Å². The van der Waals surface area contributed by atoms with E-state index in [9.17, 15) is 4.79 Å². The number of carbonyl (C=O) groups excluding carboxylic acids is 1. The molecule has 2 aliphatic carbocycles. The second kappa shape index (κ2) is 4.58. The van der Waals surface area contributed by atoms with Crippen LogP contribution >= 0.6 is 0 Å². The zero-order chi connectivity index (χ0) is 11.7. The molecule has 1 amide bonds. The molecule has 1 saturated carbocycles. The largest absolute Gasteiger partial charge is 0.358 e. The molecule has 90 valence electrons. The van der Waals surface area contributed by atoms with Gasteiger partial charge in [0.25, 0.3) is 0 Å². The van der Waals surface area contributed by atoms with Gasteiger partial charge in [0.15, 0.2) is 0 Å². The molecule has 3 heteroatoms. The van der Waals surface area contributed by atoms with E-state index < -0.39 is 0 Å². The number of nitrogens with one attached hydrogen (secondary N) is 2. The molecule has 2 bridgehead atoms. The molecule has 0 spiro atoms. The van der Waals surface area contributed by atoms with Gasteiger partial charge in [-0.25, -0.2) is 0 Å². The van der Waals surface area contributed by atoms with Crippen LogP contribution in [-0.2, 0) is 4.79 Å². The first-order valence-corrected chi connectivity index (χ1v) is 6.27. The van der Waals surface area contributed by atoms with E-state index in [4.69, 9.17) is 0 Å². The first-order chi connectivity index (χ1) is 7.61. The van der Waals surface area contributed by atoms with Gasteiger partial charge in [-0.3, -0.25) is 4.79 Å². The highest BCUT2D eigenvalue weighted by molar-refractivity contribution is 5.80. The van der Waals surface area contributed by atoms with Gasteiger partial charge >= 0.3 is 0 Å². The van der Waals surface area contributed by atoms with Gasteiger partial charge in [0.05, 0.1) is 6.04 Å². The minimum Gasteiger partial charge on any atom is -0.358 e. The maximum Gasteiger partial charge on any atom is 0.236 e. The van der Waals surface area contributed by atoms with Crippen LogP contribution in [0.3, 0.4) is 0 Å². The summed E-state index contributed by atoms with van der Waals surface area (Å²) in [6.45, 7) is 4.14. The minimum absolute atomic E-state index is 0.0746. The van der Waals surface area contributed by atoms with Crippen molar-refractivity contribution >= 4 is 5.91 Å². The summed E-state index contributed by atoms with van der Waals surface area (Å²) in [6, 6.07) is 0.329. The molecule has 2 N–H and O–H groups in total. The van der Waals surface area contributed by atoms with Crippen molar-refractivity contribution in [1.82, 2.24) is 10.6 Å². The molecule has 2 aliphatic rings. The van der Waals surface area contributed by atoms with Gasteiger partial charge in [-0.15, -0.1) is 0 Å². The van der Waals surface area contributed by atoms with Gasteiger partial charge in [0.2, 0.25) is 5.91 Å². The summed E-state index contributed by atoms with van der Waals surface area (Å²) >= 11 is 0. The second-order valence-electron chi connectivity index (χ2n) is 5.24. The van der Waals surface area contributed by atoms with Crippen molar-refractivity contribution in [3.63, 3.8) is 0 Å². The molecule has 0 aliphatic heterocycles. The second-order valence-corrected chi connectivity index (χ2v) is 5.24. The minimum atomic E-state index is -0.0943. The third-order valence-corrected chi connectivity index (χ3v) is 4.13. The summed E-state index contributed by atoms with van der Waals surface area (Å²) in [5.41, 5.74) is 0. The van der Waals surface area contributed by atoms with Crippen molar-refractivity contribution in [3.05, 3.63) is 12.2 Å². The van der Waals surface area contributed by atoms with E-state index in [1.165, 1.54) is 12.8 Å². The molecular weight excluding hydrogens is 200 g/mol. The Kier molecular flexibility index (Phi) is 3.33. The molecule has 16 heavy (non-hydrogen) atoms. The predicted molar refractivity (Wildman–Crippen MR) is 65.0 cm³/mol. The SMILES string of the molecule is CNC(=O)C(C)NC(C)C1CC2C=CC1C2. The number of hydrogen-bond donors (Lipinski definition) is 2. The summed E-state index contributed by atoms with van der Waals surface area (Å²) in [5.74, 6) is 2.33. The van der Waals surface area contributed by atoms with Crippen LogP contribution < -0.4 is 10.6 Å². The summed E-state index contributed by atoms with van der Waals surface area (Å²) in [7, 11) is 1.69. The molecule has 2 rings (SSSR count). The number of carbonyl (C=O) groups is 1. The van der Waals surface area contributed by atoms with Crippen LogP contribution in [0, 0.1) is 17.8 Å². The average Bonchev–Trinajstić information content (AvgIpc) is 2.89. The van der Waals surface area contributed by atoms with Crippen molar-refractivity contribution in [2.45, 2.75) is 38.8 Å². The fourth-order valence-electron chi connectivity index (χ4n) is 3.21. The first-order valence-electron chi connectivity index (χ1n) is 6.27. The van der Waals surface area contributed by atoms with Gasteiger partial charge in [-0.2, -0.15) is 0 Å². The van der Waals surface area contributed by atoms with Crippen LogP contribution in [0.25, 0.3) is 0 Å². The molecule has 0 radical (unpaired) electrons. The third kappa shape index (κ3) is 2.14. The van der Waals surface area contributed by atoms with Gasteiger partial charge in [0.1, 0.15) is 0 Å². The smallest absolute Gasteiger partial charge is 0.236 e. The molecule has 0 aromatic carbocycles. The Balaban J connectivity index is 1.86. The lowest BCUT2D eigenvalue weighted by molar-refractivity contribution is -0.122. The van der Waals surface area contributed by atoms with Crippen LogP contribution in [0.15, 0.2) is 12.2 Å². The lowest BCUT2D eigenvalue weighted by Gasteiger charge is -2.28. The number of hydrogen-bond acceptors (Lipinski definition) is 2. The van der Waals surface area contributed by atoms with E-state index in [0.717, 1.165) is 11.8 Å². The Morgan fingerprint density at radius 1 is 1.31 bits per heavy atom. The Morgan fingerprint density at radius 2 is 2.06 bits per heavy atom. The highest BCUT2D eigenvalue weighted by atomic mass is 16.2. The number of likely N-dealkylation sites (N-methyl/N-ethyl adjacent to an activating group) is 1. The topological polar surface area (TPSA) is 41.1 Å². The monoisotopic (exact) mass is 222 g/mol. The lowest BCUT2D eigenvalue weighted by atomic mass is 9.87. The van der Waals surface area contributed by atoms with Crippen LogP contribution in [0.2, 0.25) is 0 Å². The Hall–Kier alpha value is -0.830. The van der Waals surface area contributed by atoms with E-state index in [0.29, 0.717) is 12.0 Å². The van der Waals surface area contributed by atoms with Crippen molar-refractivity contribution in [3.8, 4) is 0 Å². The highest BCUT2D eigenvalue weighted by Crippen LogP contribution is 2.44. The van der Waals surface area contributed by atoms with E-state index >= 15 is 0 Å². The van der Waals surface area contributed by atoms with Crippen LogP contribution in [0.4, 0.5) is 0 Å². The summed E-state index contributed by atoms with van der Waals surface area (Å²) in [4.78, 5) is 11.4. The summed E-state index contributed by atoms with van der Waals surface area (Å²) in [5, 5.41) is 6.09. The van der Waals surface area contributed by atoms with Crippen LogP contribution in [0.1, 0.15) is 26.7 Å². The maximum atomic E-state index is 11.4. The number of fused-ring (bicyclic) bond motifs is 2. The van der Waals surface area contributed by atoms with Gasteiger partial charge in [-0.1, -0.05) is 12.2 Å². The summed E-state index contributed by atoms with van der Waals surface area (Å²) < 4.78 is 0. The molecule has 0 aromatic rings. The Bertz CT molecular complexity index is 300. The maximum absolute atomic E-state index is 11.4. The van der Waals surface area contributed by atoms with Crippen molar-refractivity contribution < 1.29 is 4.79 Å². The molecule has 0 heterocycles. The van der Waals surface area contributed by atoms with Crippen molar-refractivity contribution in [2.75, 3.05) is 7.05 Å². The molecule has 3 nitrogen and oxygen atoms in total. The Morgan fingerprint density at radius 3 is 2.56 bits per heavy atom. The standard InChI is InChI=1S/C13H22N2O/c1-8(15-9(2)13(16)14-3)12-7-10-4-5-11(12)6-10/h4-5,8-12,15H,6-7H2,1-3H3,(H,14,16). The van der Waals surface area contributed by atoms with Gasteiger partial charge in [0, 0.05) is 13.1 Å². The normalized spacial score (nSPS) is 35.1. The fourth-order valence-corrected chi connectivity index (χ4v) is 3.21. The van der Waals surface area contributed by atoms with E-state index in [1.54, 1.807) is 7.05 Å². The van der Waals surface area contributed by atoms with Gasteiger partial charge < -0.3 is 10.6 Å². The summed E-state index contributed by atoms with van der Waals surface area (Å²) in [6.07, 6.45) is 7.33. The molecule has 0 aromatic heterocycles. The quantitative estimate of drug-likeness (QED) is 0.704. The molecular formula is C13H22N2O. The number of rotatable bonds is 4. The van der Waals surface area contributed by atoms with E-state index in [1.807, 2.05) is 6.92 Å². The molecule has 5 unspecified atom stereocenters. The number of amides is 1. The van der Waals surface area contributed by atoms with Gasteiger partial charge in [-0.05, 0) is 44.4 Å². The highest BCUT2D eigenvalue weighted by Gasteiger charge is 2.38. The third-order valence-electron chi connectivity index (χ3n) is 4.13. The van der Waals surface area contributed by atoms with Crippen LogP contribution in [0.5, 0.6) is 0 Å². The first kappa shape index (κ1) is 11.6. The molecule has 5 atom stereocenters. The van der Waals surface area contributed by atoms with Crippen molar-refractivity contribution in [1.29, 1.82) is 0 Å². The zero-order valence-electron chi connectivity index (χ0n) is 10.4. The average molecular weight is 222 g/mol. The lowest BCUT2D eigenvalue weighted by Crippen LogP contribution is -2.47. The van der Waals surface area contributed by atoms with E-state index in [2.05, 4.69) is 29.7 Å². The number of allylic oxidation sites excluding steroid dienone is 2. The van der Waals surface area contributed by atoms with Crippen LogP contribution in [-0.4, -0.2) is 25.0 Å². The van der Waals surface area contributed by atoms with Crippen molar-refractivity contribution in [2.24, 2.45) is 17.8 Å². The predicted octanol–water partition coefficient (Wildman–Crippen LogP) is 1.31. The molecule has 1 fully saturated rings. The Labute approximate surface area is 97.7 Å². The zero-order valence-corrected chi connectivity index (χ0v) is 10.4.